The summed E-state index contributed by atoms with van der Waals surface area (Å²) < 4.78 is 6.53. The Kier molecular flexibility index (Phi) is 8.51. The molecule has 2 aliphatic carbocycles. The minimum Gasteiger partial charge on any atom is -0.455 e. The van der Waals surface area contributed by atoms with Gasteiger partial charge in [0.05, 0.1) is 5.41 Å². The van der Waals surface area contributed by atoms with Crippen LogP contribution in [0.15, 0.2) is 241 Å². The number of para-hydroxylation sites is 2. The van der Waals surface area contributed by atoms with Gasteiger partial charge in [0.25, 0.3) is 0 Å². The van der Waals surface area contributed by atoms with Gasteiger partial charge in [-0.2, -0.15) is 0 Å². The quantitative estimate of drug-likeness (QED) is 0.166. The first-order valence-electron chi connectivity index (χ1n) is 23.0. The molecule has 2 aliphatic rings. The number of rotatable bonds is 6. The van der Waals surface area contributed by atoms with Crippen molar-refractivity contribution in [1.82, 2.24) is 0 Å². The fraction of sp³-hybridized carbons (Fsp3) is 0.0625. The minimum absolute atomic E-state index is 0.162. The van der Waals surface area contributed by atoms with E-state index in [1.165, 1.54) is 66.8 Å². The molecule has 1 heterocycles. The van der Waals surface area contributed by atoms with Gasteiger partial charge in [-0.1, -0.05) is 208 Å². The molecule has 0 fully saturated rings. The van der Waals surface area contributed by atoms with Crippen LogP contribution in [0.3, 0.4) is 0 Å². The van der Waals surface area contributed by atoms with Crippen molar-refractivity contribution in [2.75, 3.05) is 4.90 Å². The van der Waals surface area contributed by atoms with Gasteiger partial charge in [0.15, 0.2) is 0 Å². The average molecular weight is 844 g/mol. The van der Waals surface area contributed by atoms with Gasteiger partial charge in [-0.25, -0.2) is 0 Å². The highest BCUT2D eigenvalue weighted by Gasteiger charge is 2.44. The number of benzene rings is 10. The van der Waals surface area contributed by atoms with Crippen LogP contribution in [0.25, 0.3) is 66.4 Å². The van der Waals surface area contributed by atoms with Crippen LogP contribution in [0.4, 0.5) is 17.1 Å². The third kappa shape index (κ3) is 5.55. The van der Waals surface area contributed by atoms with E-state index < -0.39 is 5.41 Å². The van der Waals surface area contributed by atoms with E-state index in [0.29, 0.717) is 0 Å². The standard InChI is InChI=1S/C64H45NO/c1-63(2)57-30-12-8-26-53(57)54-39-38-47(41-60(54)63)65(45-36-34-42(35-37-45)48-28-17-29-56-55-27-11-15-33-61(55)66-62(48)56)46-21-16-20-44(40-46)64(43-18-4-3-5-19-43)58-31-13-9-24-51(58)49-22-6-7-23-50(49)52-25-10-14-32-59(52)64/h3-41H,1-2H3. The van der Waals surface area contributed by atoms with E-state index in [9.17, 15) is 0 Å². The van der Waals surface area contributed by atoms with Crippen molar-refractivity contribution in [3.8, 4) is 44.5 Å². The van der Waals surface area contributed by atoms with Crippen LogP contribution in [0, 0.1) is 0 Å². The van der Waals surface area contributed by atoms with Crippen LogP contribution >= 0.6 is 0 Å². The molecule has 11 aromatic rings. The lowest BCUT2D eigenvalue weighted by Crippen LogP contribution is -2.32. The van der Waals surface area contributed by atoms with Crippen molar-refractivity contribution in [3.05, 3.63) is 270 Å². The monoisotopic (exact) mass is 843 g/mol. The molecule has 10 aromatic carbocycles. The van der Waals surface area contributed by atoms with Crippen LogP contribution < -0.4 is 4.90 Å². The number of fused-ring (bicyclic) bond motifs is 11. The molecule has 0 bridgehead atoms. The molecular formula is C64H45NO. The number of hydrogen-bond donors (Lipinski definition) is 0. The lowest BCUT2D eigenvalue weighted by Gasteiger charge is -2.39. The van der Waals surface area contributed by atoms with Gasteiger partial charge in [-0.05, 0) is 115 Å². The maximum Gasteiger partial charge on any atom is 0.143 e. The van der Waals surface area contributed by atoms with E-state index in [1.54, 1.807) is 0 Å². The summed E-state index contributed by atoms with van der Waals surface area (Å²) in [5.74, 6) is 0. The summed E-state index contributed by atoms with van der Waals surface area (Å²) in [6.45, 7) is 4.73. The van der Waals surface area contributed by atoms with Gasteiger partial charge in [-0.15, -0.1) is 0 Å². The molecule has 0 amide bonds. The predicted octanol–water partition coefficient (Wildman–Crippen LogP) is 17.1. The third-order valence-corrected chi connectivity index (χ3v) is 14.6. The van der Waals surface area contributed by atoms with Crippen molar-refractivity contribution in [1.29, 1.82) is 0 Å². The van der Waals surface area contributed by atoms with Crippen LogP contribution in [0.1, 0.15) is 47.2 Å². The highest BCUT2D eigenvalue weighted by atomic mass is 16.3. The van der Waals surface area contributed by atoms with E-state index >= 15 is 0 Å². The van der Waals surface area contributed by atoms with Gasteiger partial charge in [0.1, 0.15) is 11.2 Å². The van der Waals surface area contributed by atoms with Crippen LogP contribution in [0.5, 0.6) is 0 Å². The third-order valence-electron chi connectivity index (χ3n) is 14.6. The van der Waals surface area contributed by atoms with Crippen LogP contribution in [0.2, 0.25) is 0 Å². The lowest BCUT2D eigenvalue weighted by atomic mass is 9.63. The summed E-state index contributed by atoms with van der Waals surface area (Å²) in [6, 6.07) is 87.3. The van der Waals surface area contributed by atoms with E-state index in [1.807, 2.05) is 6.07 Å². The van der Waals surface area contributed by atoms with Gasteiger partial charge in [-0.3, -0.25) is 0 Å². The summed E-state index contributed by atoms with van der Waals surface area (Å²) in [5, 5.41) is 2.26. The van der Waals surface area contributed by atoms with E-state index in [0.717, 1.165) is 50.1 Å². The maximum atomic E-state index is 6.53. The van der Waals surface area contributed by atoms with Crippen molar-refractivity contribution in [2.24, 2.45) is 0 Å². The lowest BCUT2D eigenvalue weighted by molar-refractivity contribution is 0.660. The molecule has 312 valence electrons. The van der Waals surface area contributed by atoms with Crippen molar-refractivity contribution >= 4 is 39.0 Å². The molecule has 2 nitrogen and oxygen atoms in total. The summed E-state index contributed by atoms with van der Waals surface area (Å²) in [5.41, 5.74) is 21.7. The van der Waals surface area contributed by atoms with Crippen LogP contribution in [-0.4, -0.2) is 0 Å². The number of furan rings is 1. The Balaban J connectivity index is 1.04. The first-order chi connectivity index (χ1) is 32.5. The zero-order valence-electron chi connectivity index (χ0n) is 36.9. The second kappa shape index (κ2) is 14.7. The fourth-order valence-corrected chi connectivity index (χ4v) is 11.6. The fourth-order valence-electron chi connectivity index (χ4n) is 11.6. The number of anilines is 3. The molecule has 66 heavy (non-hydrogen) atoms. The Labute approximate surface area is 385 Å². The van der Waals surface area contributed by atoms with Gasteiger partial charge in [0, 0.05) is 38.8 Å². The minimum atomic E-state index is -0.661. The first-order valence-corrected chi connectivity index (χ1v) is 23.0. The van der Waals surface area contributed by atoms with Crippen molar-refractivity contribution in [2.45, 2.75) is 24.7 Å². The molecule has 0 spiro atoms. The smallest absolute Gasteiger partial charge is 0.143 e. The second-order valence-electron chi connectivity index (χ2n) is 18.4. The summed E-state index contributed by atoms with van der Waals surface area (Å²) in [7, 11) is 0. The molecule has 0 atom stereocenters. The largest absolute Gasteiger partial charge is 0.455 e. The molecule has 1 aromatic heterocycles. The van der Waals surface area contributed by atoms with Crippen molar-refractivity contribution in [3.63, 3.8) is 0 Å². The first kappa shape index (κ1) is 38.3. The highest BCUT2D eigenvalue weighted by molar-refractivity contribution is 6.09. The molecule has 0 radical (unpaired) electrons. The molecule has 2 heteroatoms. The number of nitrogens with zero attached hydrogens (tertiary/aromatic N) is 1. The molecular weight excluding hydrogens is 799 g/mol. The second-order valence-corrected chi connectivity index (χ2v) is 18.4. The Hall–Kier alpha value is -8.20. The molecule has 0 aliphatic heterocycles. The van der Waals surface area contributed by atoms with Gasteiger partial charge in [0.2, 0.25) is 0 Å². The highest BCUT2D eigenvalue weighted by Crippen LogP contribution is 2.56. The summed E-state index contributed by atoms with van der Waals surface area (Å²) in [4.78, 5) is 2.45. The van der Waals surface area contributed by atoms with E-state index in [2.05, 4.69) is 249 Å². The Bertz CT molecular complexity index is 3620. The predicted molar refractivity (Wildman–Crippen MR) is 274 cm³/mol. The van der Waals surface area contributed by atoms with Crippen molar-refractivity contribution < 1.29 is 4.42 Å². The Morgan fingerprint density at radius 1 is 0.333 bits per heavy atom. The number of hydrogen-bond acceptors (Lipinski definition) is 2. The van der Waals surface area contributed by atoms with E-state index in [-0.39, 0.29) is 5.41 Å². The normalized spacial score (nSPS) is 13.8. The molecule has 0 saturated heterocycles. The summed E-state index contributed by atoms with van der Waals surface area (Å²) >= 11 is 0. The van der Waals surface area contributed by atoms with Gasteiger partial charge < -0.3 is 9.32 Å². The molecule has 0 saturated carbocycles. The molecule has 13 rings (SSSR count). The topological polar surface area (TPSA) is 16.4 Å². The van der Waals surface area contributed by atoms with E-state index in [4.69, 9.17) is 4.42 Å². The maximum absolute atomic E-state index is 6.53. The zero-order valence-corrected chi connectivity index (χ0v) is 36.9. The van der Waals surface area contributed by atoms with Gasteiger partial charge >= 0.3 is 0 Å². The van der Waals surface area contributed by atoms with Crippen LogP contribution in [-0.2, 0) is 10.8 Å². The zero-order chi connectivity index (χ0) is 44.0. The SMILES string of the molecule is CC1(C)c2ccccc2-c2ccc(N(c3ccc(-c4cccc5c4oc4ccccc45)cc3)c3cccc(C4(c5ccccc5)c5ccccc5-c5ccccc5-c5ccccc54)c3)cc21. The Morgan fingerprint density at radius 2 is 0.833 bits per heavy atom. The average Bonchev–Trinajstić information content (AvgIpc) is 3.83. The Morgan fingerprint density at radius 3 is 1.55 bits per heavy atom. The molecule has 0 N–H and O–H groups in total. The summed E-state index contributed by atoms with van der Waals surface area (Å²) in [6.07, 6.45) is 0. The molecule has 0 unspecified atom stereocenters.